The highest BCUT2D eigenvalue weighted by Crippen LogP contribution is 2.29. The van der Waals surface area contributed by atoms with Crippen LogP contribution < -0.4 is 0 Å². The fraction of sp³-hybridized carbons (Fsp3) is 0.231. The Morgan fingerprint density at radius 2 is 1.29 bits per heavy atom. The molecule has 0 aliphatic rings. The van der Waals surface area contributed by atoms with Gasteiger partial charge in [0.1, 0.15) is 0 Å². The Kier molecular flexibility index (Phi) is 6.61. The topological polar surface area (TPSA) is 0 Å². The van der Waals surface area contributed by atoms with Crippen molar-refractivity contribution in [1.29, 1.82) is 0 Å². The third-order valence-corrected chi connectivity index (χ3v) is 4.70. The molecule has 0 aliphatic heterocycles. The van der Waals surface area contributed by atoms with Gasteiger partial charge < -0.3 is 0 Å². The maximum Gasteiger partial charge on any atom is 0.175 e. The standard InChI is InChI=1S/C26H24F2/c1-3-5-6-8-23-17-18-24(26(28)25(23)27)22-15-13-21(14-16-22)20-11-9-19(7-4-2)10-12-20/h9-18H,3-5,7H2,1-2H3. The summed E-state index contributed by atoms with van der Waals surface area (Å²) in [6, 6.07) is 19.2. The Morgan fingerprint density at radius 1 is 0.679 bits per heavy atom. The van der Waals surface area contributed by atoms with Gasteiger partial charge in [-0.2, -0.15) is 0 Å². The van der Waals surface area contributed by atoms with Gasteiger partial charge in [0.05, 0.1) is 5.56 Å². The van der Waals surface area contributed by atoms with Gasteiger partial charge in [-0.3, -0.25) is 0 Å². The lowest BCUT2D eigenvalue weighted by atomic mass is 9.98. The Labute approximate surface area is 166 Å². The van der Waals surface area contributed by atoms with E-state index in [1.165, 1.54) is 5.56 Å². The van der Waals surface area contributed by atoms with Crippen LogP contribution in [0.3, 0.4) is 0 Å². The molecule has 0 fully saturated rings. The molecule has 0 nitrogen and oxygen atoms in total. The van der Waals surface area contributed by atoms with Gasteiger partial charge in [-0.15, -0.1) is 0 Å². The SMILES string of the molecule is CCCC#Cc1ccc(-c2ccc(-c3ccc(CCC)cc3)cc2)c(F)c1F. The molecule has 142 valence electrons. The normalized spacial score (nSPS) is 10.4. The largest absolute Gasteiger partial charge is 0.203 e. The molecular formula is C26H24F2. The molecule has 0 aromatic heterocycles. The molecule has 3 aromatic rings. The lowest BCUT2D eigenvalue weighted by Crippen LogP contribution is -1.94. The van der Waals surface area contributed by atoms with Gasteiger partial charge in [-0.25, -0.2) is 8.78 Å². The van der Waals surface area contributed by atoms with Crippen LogP contribution in [0.1, 0.15) is 44.2 Å². The van der Waals surface area contributed by atoms with E-state index in [0.717, 1.165) is 30.4 Å². The predicted molar refractivity (Wildman–Crippen MR) is 113 cm³/mol. The number of rotatable bonds is 5. The minimum atomic E-state index is -0.878. The number of unbranched alkanes of at least 4 members (excludes halogenated alkanes) is 1. The van der Waals surface area contributed by atoms with Crippen LogP contribution >= 0.6 is 0 Å². The van der Waals surface area contributed by atoms with Gasteiger partial charge in [0.25, 0.3) is 0 Å². The Hall–Kier alpha value is -2.92. The predicted octanol–water partition coefficient (Wildman–Crippen LogP) is 7.40. The van der Waals surface area contributed by atoms with Crippen LogP contribution in [0.25, 0.3) is 22.3 Å². The lowest BCUT2D eigenvalue weighted by Gasteiger charge is -2.08. The number of benzene rings is 3. The van der Waals surface area contributed by atoms with E-state index in [0.29, 0.717) is 12.0 Å². The average molecular weight is 374 g/mol. The molecule has 0 saturated carbocycles. The zero-order valence-electron chi connectivity index (χ0n) is 16.4. The first-order valence-electron chi connectivity index (χ1n) is 9.80. The van der Waals surface area contributed by atoms with Crippen molar-refractivity contribution in [3.8, 4) is 34.1 Å². The molecule has 0 amide bonds. The molecule has 3 rings (SSSR count). The fourth-order valence-corrected chi connectivity index (χ4v) is 3.15. The summed E-state index contributed by atoms with van der Waals surface area (Å²) >= 11 is 0. The number of hydrogen-bond donors (Lipinski definition) is 0. The molecule has 0 aliphatic carbocycles. The van der Waals surface area contributed by atoms with E-state index >= 15 is 0 Å². The fourth-order valence-electron chi connectivity index (χ4n) is 3.15. The van der Waals surface area contributed by atoms with Crippen LogP contribution in [0.2, 0.25) is 0 Å². The first-order chi connectivity index (χ1) is 13.6. The zero-order valence-corrected chi connectivity index (χ0v) is 16.4. The quantitative estimate of drug-likeness (QED) is 0.408. The van der Waals surface area contributed by atoms with Gasteiger partial charge >= 0.3 is 0 Å². The van der Waals surface area contributed by atoms with E-state index in [-0.39, 0.29) is 11.1 Å². The minimum absolute atomic E-state index is 0.110. The Morgan fingerprint density at radius 3 is 1.89 bits per heavy atom. The molecule has 0 saturated heterocycles. The smallest absolute Gasteiger partial charge is 0.175 e. The van der Waals surface area contributed by atoms with Gasteiger partial charge in [0, 0.05) is 12.0 Å². The van der Waals surface area contributed by atoms with Gasteiger partial charge in [0.2, 0.25) is 0 Å². The molecule has 0 heterocycles. The second kappa shape index (κ2) is 9.33. The minimum Gasteiger partial charge on any atom is -0.203 e. The number of hydrogen-bond acceptors (Lipinski definition) is 0. The molecule has 2 heteroatoms. The van der Waals surface area contributed by atoms with Gasteiger partial charge in [0.15, 0.2) is 11.6 Å². The van der Waals surface area contributed by atoms with Gasteiger partial charge in [-0.1, -0.05) is 80.6 Å². The van der Waals surface area contributed by atoms with Crippen molar-refractivity contribution in [2.24, 2.45) is 0 Å². The van der Waals surface area contributed by atoms with E-state index in [4.69, 9.17) is 0 Å². The molecule has 0 radical (unpaired) electrons. The summed E-state index contributed by atoms with van der Waals surface area (Å²) in [4.78, 5) is 0. The monoisotopic (exact) mass is 374 g/mol. The molecule has 0 atom stereocenters. The van der Waals surface area contributed by atoms with Crippen LogP contribution in [-0.4, -0.2) is 0 Å². The third kappa shape index (κ3) is 4.49. The highest BCUT2D eigenvalue weighted by molar-refractivity contribution is 5.71. The molecule has 28 heavy (non-hydrogen) atoms. The lowest BCUT2D eigenvalue weighted by molar-refractivity contribution is 0.509. The maximum atomic E-state index is 14.6. The number of aryl methyl sites for hydroxylation is 1. The maximum absolute atomic E-state index is 14.6. The van der Waals surface area contributed by atoms with Gasteiger partial charge in [-0.05, 0) is 47.2 Å². The highest BCUT2D eigenvalue weighted by atomic mass is 19.2. The van der Waals surface area contributed by atoms with Crippen LogP contribution in [0.5, 0.6) is 0 Å². The average Bonchev–Trinajstić information content (AvgIpc) is 2.72. The van der Waals surface area contributed by atoms with Crippen molar-refractivity contribution in [1.82, 2.24) is 0 Å². The van der Waals surface area contributed by atoms with E-state index < -0.39 is 11.6 Å². The zero-order chi connectivity index (χ0) is 19.9. The Bertz CT molecular complexity index is 988. The first kappa shape index (κ1) is 19.8. The Balaban J connectivity index is 1.85. The molecule has 0 spiro atoms. The van der Waals surface area contributed by atoms with Crippen molar-refractivity contribution in [2.45, 2.75) is 39.5 Å². The summed E-state index contributed by atoms with van der Waals surface area (Å²) in [6.07, 6.45) is 3.76. The summed E-state index contributed by atoms with van der Waals surface area (Å²) in [7, 11) is 0. The molecule has 0 N–H and O–H groups in total. The molecule has 0 unspecified atom stereocenters. The van der Waals surface area contributed by atoms with E-state index in [2.05, 4.69) is 43.0 Å². The van der Waals surface area contributed by atoms with Crippen molar-refractivity contribution in [3.05, 3.63) is 83.4 Å². The van der Waals surface area contributed by atoms with E-state index in [9.17, 15) is 8.78 Å². The van der Waals surface area contributed by atoms with E-state index in [1.807, 2.05) is 31.2 Å². The first-order valence-corrected chi connectivity index (χ1v) is 9.80. The van der Waals surface area contributed by atoms with Crippen molar-refractivity contribution in [2.75, 3.05) is 0 Å². The van der Waals surface area contributed by atoms with Crippen LogP contribution in [0.4, 0.5) is 8.78 Å². The molecule has 3 aromatic carbocycles. The van der Waals surface area contributed by atoms with Crippen molar-refractivity contribution >= 4 is 0 Å². The summed E-state index contributed by atoms with van der Waals surface area (Å²) in [6.45, 7) is 4.16. The third-order valence-electron chi connectivity index (χ3n) is 4.70. The second-order valence-corrected chi connectivity index (χ2v) is 6.86. The summed E-state index contributed by atoms with van der Waals surface area (Å²) in [5.41, 5.74) is 4.49. The van der Waals surface area contributed by atoms with Crippen molar-refractivity contribution < 1.29 is 8.78 Å². The highest BCUT2D eigenvalue weighted by Gasteiger charge is 2.14. The van der Waals surface area contributed by atoms with Crippen LogP contribution in [-0.2, 0) is 6.42 Å². The molecule has 0 bridgehead atoms. The second-order valence-electron chi connectivity index (χ2n) is 6.86. The molecular weight excluding hydrogens is 350 g/mol. The summed E-state index contributed by atoms with van der Waals surface area (Å²) < 4.78 is 28.9. The van der Waals surface area contributed by atoms with Crippen LogP contribution in [0, 0.1) is 23.5 Å². The summed E-state index contributed by atoms with van der Waals surface area (Å²) in [5, 5.41) is 0. The van der Waals surface area contributed by atoms with Crippen molar-refractivity contribution in [3.63, 3.8) is 0 Å². The summed E-state index contributed by atoms with van der Waals surface area (Å²) in [5.74, 6) is 3.85. The van der Waals surface area contributed by atoms with Crippen LogP contribution in [0.15, 0.2) is 60.7 Å². The van der Waals surface area contributed by atoms with E-state index in [1.54, 1.807) is 12.1 Å². The number of halogens is 2.